The fourth-order valence-electron chi connectivity index (χ4n) is 4.19. The molecule has 0 saturated heterocycles. The minimum absolute atomic E-state index is 0.00972. The summed E-state index contributed by atoms with van der Waals surface area (Å²) in [5.74, 6) is -4.82. The number of aliphatic hydroxyl groups is 1. The van der Waals surface area contributed by atoms with Gasteiger partial charge in [-0.1, -0.05) is 0 Å². The third kappa shape index (κ3) is 7.48. The summed E-state index contributed by atoms with van der Waals surface area (Å²) < 4.78 is 68.3. The first-order chi connectivity index (χ1) is 18.8. The van der Waals surface area contributed by atoms with Crippen LogP contribution in [0.2, 0.25) is 0 Å². The molecule has 1 atom stereocenters. The maximum Gasteiger partial charge on any atom is 0.411 e. The molecule has 2 aromatic heterocycles. The molecule has 2 heterocycles. The quantitative estimate of drug-likeness (QED) is 0.327. The Morgan fingerprint density at radius 3 is 2.37 bits per heavy atom. The van der Waals surface area contributed by atoms with Crippen molar-refractivity contribution in [3.05, 3.63) is 28.5 Å². The Balaban J connectivity index is 2.05. The van der Waals surface area contributed by atoms with Gasteiger partial charge in [-0.15, -0.1) is 11.3 Å². The highest BCUT2D eigenvalue weighted by Crippen LogP contribution is 2.47. The van der Waals surface area contributed by atoms with Crippen molar-refractivity contribution in [1.82, 2.24) is 20.2 Å². The molecular weight excluding hydrogens is 571 g/mol. The summed E-state index contributed by atoms with van der Waals surface area (Å²) in [5, 5.41) is 24.5. The average molecular weight is 603 g/mol. The number of thiazole rings is 1. The smallest absolute Gasteiger partial charge is 0.389 e. The fraction of sp³-hybridized carbons (Fsp3) is 0.577. The second-order valence-electron chi connectivity index (χ2n) is 11.0. The maximum atomic E-state index is 13.7. The van der Waals surface area contributed by atoms with E-state index in [9.17, 15) is 41.9 Å². The summed E-state index contributed by atoms with van der Waals surface area (Å²) >= 11 is 0.718. The van der Waals surface area contributed by atoms with E-state index in [0.29, 0.717) is 13.3 Å². The standard InChI is InChI=1S/C26H31F5N6O3S/c1-14(10-24(4,27)28)37(5)22(39)18-19(41-21(35-18)20(38)34-13-23(2,3)40)16-12-33-17(9-15(16)11-32)36-25(7-6-8-25)26(29,30)31/h9,12,14,40H,6-8,10,13H2,1-5H3,(H,33,36)(H,34,38)/t14-/m0/s1. The summed E-state index contributed by atoms with van der Waals surface area (Å²) in [5.41, 5.74) is -3.86. The molecule has 3 rings (SSSR count). The van der Waals surface area contributed by atoms with E-state index in [2.05, 4.69) is 20.6 Å². The highest BCUT2D eigenvalue weighted by molar-refractivity contribution is 7.17. The first kappa shape index (κ1) is 32.1. The van der Waals surface area contributed by atoms with Gasteiger partial charge in [0.1, 0.15) is 17.1 Å². The van der Waals surface area contributed by atoms with Gasteiger partial charge in [-0.2, -0.15) is 18.4 Å². The molecule has 0 aromatic carbocycles. The average Bonchev–Trinajstić information content (AvgIpc) is 3.26. The van der Waals surface area contributed by atoms with Gasteiger partial charge in [0.2, 0.25) is 5.92 Å². The number of alkyl halides is 5. The number of pyridine rings is 1. The van der Waals surface area contributed by atoms with Crippen molar-refractivity contribution < 1.29 is 36.6 Å². The van der Waals surface area contributed by atoms with Crippen molar-refractivity contribution in [2.24, 2.45) is 0 Å². The second-order valence-corrected chi connectivity index (χ2v) is 12.0. The van der Waals surface area contributed by atoms with Crippen molar-refractivity contribution in [3.8, 4) is 16.5 Å². The molecule has 0 radical (unpaired) electrons. The van der Waals surface area contributed by atoms with Crippen molar-refractivity contribution >= 4 is 29.0 Å². The normalized spacial score (nSPS) is 15.9. The molecule has 0 bridgehead atoms. The number of amides is 2. The van der Waals surface area contributed by atoms with Crippen molar-refractivity contribution in [2.75, 3.05) is 18.9 Å². The van der Waals surface area contributed by atoms with Crippen LogP contribution in [0, 0.1) is 11.3 Å². The number of nitriles is 1. The zero-order valence-electron chi connectivity index (χ0n) is 23.1. The summed E-state index contributed by atoms with van der Waals surface area (Å²) in [6.45, 7) is 4.90. The maximum absolute atomic E-state index is 13.7. The first-order valence-electron chi connectivity index (χ1n) is 12.7. The van der Waals surface area contributed by atoms with Gasteiger partial charge in [-0.25, -0.2) is 18.7 Å². The first-order valence-corrected chi connectivity index (χ1v) is 13.5. The molecule has 15 heteroatoms. The number of carbonyl (C=O) groups excluding carboxylic acids is 2. The Kier molecular flexibility index (Phi) is 9.00. The molecule has 3 N–H and O–H groups in total. The third-order valence-electron chi connectivity index (χ3n) is 6.73. The van der Waals surface area contributed by atoms with Crippen LogP contribution in [0.1, 0.15) is 79.2 Å². The van der Waals surface area contributed by atoms with Crippen LogP contribution in [0.15, 0.2) is 12.3 Å². The number of rotatable bonds is 10. The van der Waals surface area contributed by atoms with Crippen molar-refractivity contribution in [3.63, 3.8) is 0 Å². The van der Waals surface area contributed by atoms with E-state index >= 15 is 0 Å². The SMILES string of the molecule is C[C@@H](CC(C)(F)F)N(C)C(=O)c1nc(C(=O)NCC(C)(C)O)sc1-c1cnc(NC2(C(F)(F)F)CCC2)cc1C#N. The summed E-state index contributed by atoms with van der Waals surface area (Å²) in [4.78, 5) is 35.5. The van der Waals surface area contributed by atoms with E-state index in [1.807, 2.05) is 6.07 Å². The Morgan fingerprint density at radius 2 is 1.88 bits per heavy atom. The summed E-state index contributed by atoms with van der Waals surface area (Å²) in [6.07, 6.45) is -4.02. The lowest BCUT2D eigenvalue weighted by Gasteiger charge is -2.44. The lowest BCUT2D eigenvalue weighted by molar-refractivity contribution is -0.198. The van der Waals surface area contributed by atoms with Crippen LogP contribution >= 0.6 is 11.3 Å². The van der Waals surface area contributed by atoms with Gasteiger partial charge < -0.3 is 20.6 Å². The number of anilines is 1. The van der Waals surface area contributed by atoms with E-state index in [-0.39, 0.29) is 51.9 Å². The van der Waals surface area contributed by atoms with Gasteiger partial charge in [0.15, 0.2) is 5.01 Å². The van der Waals surface area contributed by atoms with E-state index in [0.717, 1.165) is 28.5 Å². The molecule has 0 unspecified atom stereocenters. The molecule has 2 aromatic rings. The van der Waals surface area contributed by atoms with Gasteiger partial charge in [-0.05, 0) is 53.0 Å². The van der Waals surface area contributed by atoms with Crippen LogP contribution in [0.4, 0.5) is 27.8 Å². The van der Waals surface area contributed by atoms with E-state index in [1.54, 1.807) is 0 Å². The van der Waals surface area contributed by atoms with Gasteiger partial charge in [0.25, 0.3) is 11.8 Å². The number of halogens is 5. The number of hydrogen-bond donors (Lipinski definition) is 3. The van der Waals surface area contributed by atoms with E-state index < -0.39 is 47.5 Å². The highest BCUT2D eigenvalue weighted by atomic mass is 32.1. The Bertz CT molecular complexity index is 1340. The highest BCUT2D eigenvalue weighted by Gasteiger charge is 2.58. The summed E-state index contributed by atoms with van der Waals surface area (Å²) in [7, 11) is 1.29. The fourth-order valence-corrected chi connectivity index (χ4v) is 5.19. The van der Waals surface area contributed by atoms with Gasteiger partial charge >= 0.3 is 6.18 Å². The van der Waals surface area contributed by atoms with Crippen molar-refractivity contribution in [2.45, 2.75) is 82.7 Å². The topological polar surface area (TPSA) is 131 Å². The predicted molar refractivity (Wildman–Crippen MR) is 142 cm³/mol. The third-order valence-corrected chi connectivity index (χ3v) is 7.81. The predicted octanol–water partition coefficient (Wildman–Crippen LogP) is 4.98. The Hall–Kier alpha value is -3.38. The molecule has 2 amide bonds. The largest absolute Gasteiger partial charge is 0.411 e. The van der Waals surface area contributed by atoms with E-state index in [4.69, 9.17) is 0 Å². The Labute approximate surface area is 237 Å². The molecule has 1 saturated carbocycles. The van der Waals surface area contributed by atoms with E-state index in [1.165, 1.54) is 27.8 Å². The van der Waals surface area contributed by atoms with Gasteiger partial charge in [-0.3, -0.25) is 9.59 Å². The molecular formula is C26H31F5N6O3S. The zero-order valence-corrected chi connectivity index (χ0v) is 23.9. The number of aromatic nitrogens is 2. The number of hydrogen-bond acceptors (Lipinski definition) is 8. The zero-order chi connectivity index (χ0) is 31.0. The van der Waals surface area contributed by atoms with Crippen LogP contribution in [-0.4, -0.2) is 74.7 Å². The number of nitrogens with one attached hydrogen (secondary N) is 2. The minimum atomic E-state index is -4.54. The lowest BCUT2D eigenvalue weighted by atomic mass is 9.76. The molecule has 1 aliphatic carbocycles. The van der Waals surface area contributed by atoms with Crippen LogP contribution < -0.4 is 10.6 Å². The molecule has 0 spiro atoms. The van der Waals surface area contributed by atoms with Crippen LogP contribution in [0.5, 0.6) is 0 Å². The molecule has 1 fully saturated rings. The van der Waals surface area contributed by atoms with Gasteiger partial charge in [0.05, 0.1) is 22.1 Å². The lowest BCUT2D eigenvalue weighted by Crippen LogP contribution is -2.57. The molecule has 224 valence electrons. The van der Waals surface area contributed by atoms with Crippen LogP contribution in [0.3, 0.4) is 0 Å². The van der Waals surface area contributed by atoms with Crippen LogP contribution in [0.25, 0.3) is 10.4 Å². The van der Waals surface area contributed by atoms with Crippen molar-refractivity contribution in [1.29, 1.82) is 5.26 Å². The Morgan fingerprint density at radius 1 is 1.24 bits per heavy atom. The molecule has 41 heavy (non-hydrogen) atoms. The molecule has 1 aliphatic rings. The minimum Gasteiger partial charge on any atom is -0.389 e. The molecule has 9 nitrogen and oxygen atoms in total. The number of carbonyl (C=O) groups is 2. The summed E-state index contributed by atoms with van der Waals surface area (Å²) in [6, 6.07) is 2.07. The number of nitrogens with zero attached hydrogens (tertiary/aromatic N) is 4. The van der Waals surface area contributed by atoms with Crippen LogP contribution in [-0.2, 0) is 0 Å². The van der Waals surface area contributed by atoms with Gasteiger partial charge in [0, 0.05) is 37.8 Å². The molecule has 0 aliphatic heterocycles. The second kappa shape index (κ2) is 11.5. The monoisotopic (exact) mass is 602 g/mol.